The van der Waals surface area contributed by atoms with Gasteiger partial charge in [0.1, 0.15) is 45.3 Å². The van der Waals surface area contributed by atoms with Crippen LogP contribution in [-0.4, -0.2) is 88.3 Å². The lowest BCUT2D eigenvalue weighted by atomic mass is 10.2. The molecule has 5 aromatic carbocycles. The second-order valence-electron chi connectivity index (χ2n) is 11.4. The van der Waals surface area contributed by atoms with Crippen LogP contribution in [0.3, 0.4) is 0 Å². The van der Waals surface area contributed by atoms with Crippen LogP contribution in [0.4, 0.5) is 28.4 Å². The lowest BCUT2D eigenvalue weighted by Crippen LogP contribution is -2.25. The maximum absolute atomic E-state index is 11.8. The van der Waals surface area contributed by atoms with Gasteiger partial charge in [0.2, 0.25) is 0 Å². The van der Waals surface area contributed by atoms with Crippen molar-refractivity contribution in [2.75, 3.05) is 12.3 Å². The SMILES string of the molecule is Nc1ccc(O)c(C(=O)O)c1.O=C(O)CCNC(=O)c1ccc(/N=N/c2ccc(O)c(C(=O)O)c2)cc1.O=C(O)c1cc(/N=N/c2ccc(O)c(C(=O)O)c2)ccc1O. The first-order valence-corrected chi connectivity index (χ1v) is 16.3. The summed E-state index contributed by atoms with van der Waals surface area (Å²) in [7, 11) is 0. The number of hydrogen-bond acceptors (Lipinski definition) is 15. The van der Waals surface area contributed by atoms with E-state index in [0.717, 1.165) is 24.3 Å². The van der Waals surface area contributed by atoms with Crippen LogP contribution in [0, 0.1) is 0 Å². The molecule has 0 aliphatic heterocycles. The average molecular weight is 813 g/mol. The summed E-state index contributed by atoms with van der Waals surface area (Å²) < 4.78 is 0. The zero-order chi connectivity index (χ0) is 43.8. The van der Waals surface area contributed by atoms with Crippen LogP contribution >= 0.6 is 0 Å². The van der Waals surface area contributed by atoms with Crippen LogP contribution in [0.2, 0.25) is 0 Å². The largest absolute Gasteiger partial charge is 0.507 e. The topological polar surface area (TPSA) is 372 Å². The number of azo groups is 2. The number of carbonyl (C=O) groups is 6. The van der Waals surface area contributed by atoms with Crippen molar-refractivity contribution in [2.45, 2.75) is 6.42 Å². The molecule has 0 aliphatic rings. The molecule has 21 nitrogen and oxygen atoms in total. The van der Waals surface area contributed by atoms with Gasteiger partial charge >= 0.3 is 29.8 Å². The first-order valence-electron chi connectivity index (χ1n) is 16.3. The number of aromatic carboxylic acids is 4. The van der Waals surface area contributed by atoms with Crippen molar-refractivity contribution in [1.82, 2.24) is 5.32 Å². The van der Waals surface area contributed by atoms with Gasteiger partial charge in [-0.25, -0.2) is 19.2 Å². The molecular formula is C38H32N6O15. The average Bonchev–Trinajstić information content (AvgIpc) is 3.18. The molecule has 21 heteroatoms. The number of nitrogen functional groups attached to an aromatic ring is 1. The molecule has 0 radical (unpaired) electrons. The third kappa shape index (κ3) is 13.7. The predicted molar refractivity (Wildman–Crippen MR) is 204 cm³/mol. The number of rotatable bonds is 12. The highest BCUT2D eigenvalue weighted by atomic mass is 16.4. The summed E-state index contributed by atoms with van der Waals surface area (Å²) in [6, 6.07) is 21.1. The fraction of sp³-hybridized carbons (Fsp3) is 0.0526. The van der Waals surface area contributed by atoms with Gasteiger partial charge in [-0.2, -0.15) is 20.5 Å². The Balaban J connectivity index is 0.000000255. The quantitative estimate of drug-likeness (QED) is 0.0374. The molecule has 0 bridgehead atoms. The molecule has 304 valence electrons. The number of carbonyl (C=O) groups excluding carboxylic acids is 1. The van der Waals surface area contributed by atoms with Crippen molar-refractivity contribution in [3.8, 4) is 23.0 Å². The molecule has 12 N–H and O–H groups in total. The summed E-state index contributed by atoms with van der Waals surface area (Å²) in [6.07, 6.45) is -0.164. The Bertz CT molecular complexity index is 2390. The van der Waals surface area contributed by atoms with Crippen LogP contribution in [0.5, 0.6) is 23.0 Å². The number of anilines is 1. The minimum Gasteiger partial charge on any atom is -0.507 e. The van der Waals surface area contributed by atoms with Crippen LogP contribution < -0.4 is 11.1 Å². The van der Waals surface area contributed by atoms with Crippen LogP contribution in [0.25, 0.3) is 0 Å². The van der Waals surface area contributed by atoms with Gasteiger partial charge in [-0.05, 0) is 97.1 Å². The summed E-state index contributed by atoms with van der Waals surface area (Å²) in [4.78, 5) is 65.3. The normalized spacial score (nSPS) is 10.4. The van der Waals surface area contributed by atoms with E-state index >= 15 is 0 Å². The number of benzene rings is 5. The van der Waals surface area contributed by atoms with E-state index in [9.17, 15) is 44.1 Å². The number of aromatic hydroxyl groups is 4. The fourth-order valence-electron chi connectivity index (χ4n) is 4.29. The van der Waals surface area contributed by atoms with Gasteiger partial charge in [0.05, 0.1) is 29.2 Å². The van der Waals surface area contributed by atoms with Crippen molar-refractivity contribution in [3.63, 3.8) is 0 Å². The molecule has 0 saturated heterocycles. The van der Waals surface area contributed by atoms with Gasteiger partial charge < -0.3 is 57.0 Å². The zero-order valence-corrected chi connectivity index (χ0v) is 30.0. The van der Waals surface area contributed by atoms with Crippen molar-refractivity contribution >= 4 is 64.2 Å². The van der Waals surface area contributed by atoms with E-state index in [1.54, 1.807) is 0 Å². The number of carboxylic acids is 5. The Labute approximate surface area is 330 Å². The van der Waals surface area contributed by atoms with Crippen LogP contribution in [-0.2, 0) is 4.79 Å². The number of amides is 1. The maximum Gasteiger partial charge on any atom is 0.339 e. The molecular weight excluding hydrogens is 780 g/mol. The van der Waals surface area contributed by atoms with E-state index in [2.05, 4.69) is 25.8 Å². The smallest absolute Gasteiger partial charge is 0.339 e. The van der Waals surface area contributed by atoms with Gasteiger partial charge in [-0.1, -0.05) is 0 Å². The molecule has 0 unspecified atom stereocenters. The second-order valence-corrected chi connectivity index (χ2v) is 11.4. The Kier molecular flexibility index (Phi) is 15.6. The van der Waals surface area contributed by atoms with E-state index in [4.69, 9.17) is 36.4 Å². The number of nitrogens with zero attached hydrogens (tertiary/aromatic N) is 4. The number of nitrogens with one attached hydrogen (secondary N) is 1. The van der Waals surface area contributed by atoms with Gasteiger partial charge in [0, 0.05) is 17.8 Å². The van der Waals surface area contributed by atoms with Crippen molar-refractivity contribution in [3.05, 3.63) is 125 Å². The summed E-state index contributed by atoms with van der Waals surface area (Å²) in [5, 5.41) is 98.7. The zero-order valence-electron chi connectivity index (χ0n) is 30.0. The lowest BCUT2D eigenvalue weighted by Gasteiger charge is -2.03. The number of phenols is 4. The van der Waals surface area contributed by atoms with Gasteiger partial charge in [-0.15, -0.1) is 0 Å². The highest BCUT2D eigenvalue weighted by Gasteiger charge is 2.13. The van der Waals surface area contributed by atoms with Gasteiger partial charge in [0.15, 0.2) is 0 Å². The highest BCUT2D eigenvalue weighted by Crippen LogP contribution is 2.28. The Morgan fingerprint density at radius 2 is 0.780 bits per heavy atom. The summed E-state index contributed by atoms with van der Waals surface area (Å²) in [6.45, 7) is 0.0301. The molecule has 0 heterocycles. The van der Waals surface area contributed by atoms with E-state index in [-0.39, 0.29) is 63.8 Å². The molecule has 0 spiro atoms. The van der Waals surface area contributed by atoms with Crippen molar-refractivity contribution < 1.29 is 74.7 Å². The minimum absolute atomic E-state index is 0.0301. The third-order valence-electron chi connectivity index (χ3n) is 7.20. The predicted octanol–water partition coefficient (Wildman–Crippen LogP) is 6.29. The van der Waals surface area contributed by atoms with Crippen LogP contribution in [0.15, 0.2) is 118 Å². The lowest BCUT2D eigenvalue weighted by molar-refractivity contribution is -0.136. The fourth-order valence-corrected chi connectivity index (χ4v) is 4.29. The van der Waals surface area contributed by atoms with Crippen molar-refractivity contribution in [2.24, 2.45) is 20.5 Å². The molecule has 0 saturated carbocycles. The molecule has 5 aromatic rings. The van der Waals surface area contributed by atoms with E-state index in [1.165, 1.54) is 72.8 Å². The molecule has 0 aromatic heterocycles. The molecule has 0 fully saturated rings. The molecule has 0 atom stereocenters. The Morgan fingerprint density at radius 3 is 1.12 bits per heavy atom. The molecule has 1 amide bonds. The van der Waals surface area contributed by atoms with Crippen molar-refractivity contribution in [1.29, 1.82) is 0 Å². The number of aliphatic carboxylic acids is 1. The summed E-state index contributed by atoms with van der Waals surface area (Å²) >= 11 is 0. The van der Waals surface area contributed by atoms with E-state index in [1.807, 2.05) is 0 Å². The number of nitrogens with two attached hydrogens (primary N) is 1. The molecule has 5 rings (SSSR count). The first-order chi connectivity index (χ1) is 27.9. The second kappa shape index (κ2) is 20.7. The van der Waals surface area contributed by atoms with E-state index in [0.29, 0.717) is 16.9 Å². The maximum atomic E-state index is 11.8. The monoisotopic (exact) mass is 812 g/mol. The van der Waals surface area contributed by atoms with Gasteiger partial charge in [-0.3, -0.25) is 9.59 Å². The highest BCUT2D eigenvalue weighted by molar-refractivity contribution is 5.95. The molecule has 0 aliphatic carbocycles. The Morgan fingerprint density at radius 1 is 0.458 bits per heavy atom. The number of carboxylic acid groups (broad SMARTS) is 5. The Hall–Kier alpha value is -8.88. The number of hydrogen-bond donors (Lipinski definition) is 11. The minimum atomic E-state index is -1.31. The third-order valence-corrected chi connectivity index (χ3v) is 7.20. The first kappa shape index (κ1) is 44.5. The van der Waals surface area contributed by atoms with E-state index < -0.39 is 47.3 Å². The molecule has 59 heavy (non-hydrogen) atoms. The van der Waals surface area contributed by atoms with Gasteiger partial charge in [0.25, 0.3) is 5.91 Å². The standard InChI is InChI=1S/C17H15N3O6.C14H10N2O6.C7H7NO3/c21-14-6-5-12(9-13(14)17(25)26)20-19-11-3-1-10(2-4-11)16(24)18-8-7-15(22)23;17-11-3-1-7(5-9(11)13(19)20)15-16-8-2-4-12(18)10(6-8)14(21)22;8-4-1-2-6(9)5(3-4)7(10)11/h1-6,9,21H,7-8H2,(H,18,24)(H,22,23)(H,25,26);1-6,17-18H,(H,19,20)(H,21,22);1-3,9H,8H2,(H,10,11)/b20-19+;16-15+;. The van der Waals surface area contributed by atoms with Crippen LogP contribution in [0.1, 0.15) is 58.2 Å². The summed E-state index contributed by atoms with van der Waals surface area (Å²) in [5.41, 5.74) is 5.85. The summed E-state index contributed by atoms with van der Waals surface area (Å²) in [5.74, 6) is -7.93.